The van der Waals surface area contributed by atoms with Crippen LogP contribution in [0.15, 0.2) is 30.5 Å². The van der Waals surface area contributed by atoms with Gasteiger partial charge in [0.25, 0.3) is 0 Å². The number of para-hydroxylation sites is 1. The third kappa shape index (κ3) is 4.76. The number of methoxy groups -OCH3 is 1. The van der Waals surface area contributed by atoms with Crippen LogP contribution in [0.1, 0.15) is 32.1 Å². The van der Waals surface area contributed by atoms with Crippen LogP contribution in [-0.4, -0.2) is 58.0 Å². The third-order valence-electron chi connectivity index (χ3n) is 5.67. The zero-order valence-corrected chi connectivity index (χ0v) is 16.7. The Balaban J connectivity index is 1.30. The van der Waals surface area contributed by atoms with Crippen molar-refractivity contribution in [2.45, 2.75) is 56.9 Å². The van der Waals surface area contributed by atoms with Gasteiger partial charge in [0.15, 0.2) is 0 Å². The average Bonchev–Trinajstić information content (AvgIpc) is 3.51. The Morgan fingerprint density at radius 3 is 2.90 bits per heavy atom. The van der Waals surface area contributed by atoms with Crippen molar-refractivity contribution in [1.82, 2.24) is 20.3 Å². The van der Waals surface area contributed by atoms with E-state index in [1.807, 2.05) is 30.5 Å². The van der Waals surface area contributed by atoms with Crippen LogP contribution in [0, 0.1) is 5.92 Å². The number of nitrogens with one attached hydrogen (secondary N) is 1. The van der Waals surface area contributed by atoms with Gasteiger partial charge in [0, 0.05) is 18.0 Å². The monoisotopic (exact) mass is 400 g/mol. The zero-order chi connectivity index (χ0) is 20.2. The van der Waals surface area contributed by atoms with Gasteiger partial charge in [-0.3, -0.25) is 9.48 Å². The Bertz CT molecular complexity index is 836. The van der Waals surface area contributed by atoms with Gasteiger partial charge in [0.05, 0.1) is 32.1 Å². The first kappa shape index (κ1) is 19.8. The molecule has 1 aromatic heterocycles. The number of aliphatic hydroxyl groups excluding tert-OH is 1. The van der Waals surface area contributed by atoms with Gasteiger partial charge in [-0.15, -0.1) is 5.10 Å². The number of carbonyl (C=O) groups is 1. The van der Waals surface area contributed by atoms with Crippen molar-refractivity contribution in [3.8, 4) is 17.0 Å². The largest absolute Gasteiger partial charge is 0.496 e. The molecule has 1 saturated carbocycles. The Labute approximate surface area is 170 Å². The lowest BCUT2D eigenvalue weighted by atomic mass is 9.97. The number of hydrogen-bond donors (Lipinski definition) is 2. The van der Waals surface area contributed by atoms with Crippen LogP contribution in [-0.2, 0) is 16.1 Å². The van der Waals surface area contributed by atoms with Crippen LogP contribution in [0.2, 0.25) is 0 Å². The van der Waals surface area contributed by atoms with E-state index >= 15 is 0 Å². The molecule has 8 nitrogen and oxygen atoms in total. The smallest absolute Gasteiger partial charge is 0.223 e. The Morgan fingerprint density at radius 2 is 2.14 bits per heavy atom. The van der Waals surface area contributed by atoms with Crippen molar-refractivity contribution < 1.29 is 19.4 Å². The highest BCUT2D eigenvalue weighted by atomic mass is 16.5. The molecule has 1 saturated heterocycles. The second-order valence-corrected chi connectivity index (χ2v) is 7.80. The fourth-order valence-corrected chi connectivity index (χ4v) is 3.82. The van der Waals surface area contributed by atoms with E-state index in [0.717, 1.165) is 49.1 Å². The van der Waals surface area contributed by atoms with E-state index in [1.165, 1.54) is 0 Å². The summed E-state index contributed by atoms with van der Waals surface area (Å²) in [6, 6.07) is 7.62. The van der Waals surface area contributed by atoms with Crippen molar-refractivity contribution in [3.05, 3.63) is 30.5 Å². The van der Waals surface area contributed by atoms with E-state index in [2.05, 4.69) is 15.6 Å². The lowest BCUT2D eigenvalue weighted by molar-refractivity contribution is -0.129. The van der Waals surface area contributed by atoms with Crippen molar-refractivity contribution in [3.63, 3.8) is 0 Å². The van der Waals surface area contributed by atoms with Crippen molar-refractivity contribution in [1.29, 1.82) is 0 Å². The molecule has 1 aliphatic heterocycles. The Kier molecular flexibility index (Phi) is 6.10. The molecule has 1 aromatic carbocycles. The molecule has 0 spiro atoms. The number of carbonyl (C=O) groups excluding carboxylic acids is 1. The molecule has 0 radical (unpaired) electrons. The molecule has 3 atom stereocenters. The van der Waals surface area contributed by atoms with Crippen molar-refractivity contribution in [2.24, 2.45) is 5.92 Å². The maximum absolute atomic E-state index is 12.0. The van der Waals surface area contributed by atoms with E-state index in [9.17, 15) is 9.90 Å². The van der Waals surface area contributed by atoms with Gasteiger partial charge in [0.2, 0.25) is 5.91 Å². The highest BCUT2D eigenvalue weighted by Crippen LogP contribution is 2.30. The molecule has 0 unspecified atom stereocenters. The average molecular weight is 400 g/mol. The minimum Gasteiger partial charge on any atom is -0.496 e. The predicted octanol–water partition coefficient (Wildman–Crippen LogP) is 1.78. The number of aryl methyl sites for hydroxylation is 1. The SMILES string of the molecule is COc1ccccc1-c1cn(CC[C@@H]2CC[C@H](NC(=O)C3CC3)[C@@H](CO)O2)nn1. The summed E-state index contributed by atoms with van der Waals surface area (Å²) in [6.45, 7) is 0.581. The topological polar surface area (TPSA) is 98.5 Å². The van der Waals surface area contributed by atoms with Gasteiger partial charge in [-0.25, -0.2) is 0 Å². The molecule has 2 heterocycles. The fourth-order valence-electron chi connectivity index (χ4n) is 3.82. The molecule has 2 fully saturated rings. The summed E-state index contributed by atoms with van der Waals surface area (Å²) >= 11 is 0. The van der Waals surface area contributed by atoms with Crippen LogP contribution < -0.4 is 10.1 Å². The molecule has 1 amide bonds. The number of rotatable bonds is 8. The number of ether oxygens (including phenoxy) is 2. The molecular formula is C21H28N4O4. The van der Waals surface area contributed by atoms with Gasteiger partial charge in [-0.2, -0.15) is 0 Å². The number of benzene rings is 1. The van der Waals surface area contributed by atoms with Crippen LogP contribution in [0.4, 0.5) is 0 Å². The summed E-state index contributed by atoms with van der Waals surface area (Å²) in [4.78, 5) is 12.0. The quantitative estimate of drug-likeness (QED) is 0.701. The molecule has 0 bridgehead atoms. The number of aromatic nitrogens is 3. The normalized spacial score (nSPS) is 24.3. The minimum atomic E-state index is -0.351. The van der Waals surface area contributed by atoms with Gasteiger partial charge < -0.3 is 19.9 Å². The van der Waals surface area contributed by atoms with E-state index in [-0.39, 0.29) is 36.7 Å². The zero-order valence-electron chi connectivity index (χ0n) is 16.7. The van der Waals surface area contributed by atoms with Gasteiger partial charge in [-0.1, -0.05) is 17.3 Å². The Hall–Kier alpha value is -2.45. The number of aliphatic hydroxyl groups is 1. The maximum Gasteiger partial charge on any atom is 0.223 e. The third-order valence-corrected chi connectivity index (χ3v) is 5.67. The molecule has 2 aliphatic rings. The second kappa shape index (κ2) is 8.92. The van der Waals surface area contributed by atoms with Crippen molar-refractivity contribution in [2.75, 3.05) is 13.7 Å². The standard InChI is InChI=1S/C21H28N4O4/c1-28-19-5-3-2-4-16(19)18-12-25(24-23-18)11-10-15-8-9-17(20(13-26)29-15)22-21(27)14-6-7-14/h2-5,12,14-15,17,20,26H,6-11,13H2,1H3,(H,22,27)/t15-,17-,20+/m0/s1. The fraction of sp³-hybridized carbons (Fsp3) is 0.571. The van der Waals surface area contributed by atoms with E-state index in [1.54, 1.807) is 11.8 Å². The Morgan fingerprint density at radius 1 is 1.31 bits per heavy atom. The molecule has 2 N–H and O–H groups in total. The highest BCUT2D eigenvalue weighted by molar-refractivity contribution is 5.81. The maximum atomic E-state index is 12.0. The molecule has 2 aromatic rings. The molecule has 4 rings (SSSR count). The minimum absolute atomic E-state index is 0.0279. The first-order chi connectivity index (χ1) is 14.2. The van der Waals surface area contributed by atoms with E-state index in [4.69, 9.17) is 9.47 Å². The first-order valence-electron chi connectivity index (χ1n) is 10.3. The van der Waals surface area contributed by atoms with Crippen molar-refractivity contribution >= 4 is 5.91 Å². The summed E-state index contributed by atoms with van der Waals surface area (Å²) in [5.74, 6) is 1.03. The predicted molar refractivity (Wildman–Crippen MR) is 106 cm³/mol. The highest BCUT2D eigenvalue weighted by Gasteiger charge is 2.36. The molecular weight excluding hydrogens is 372 g/mol. The van der Waals surface area contributed by atoms with Gasteiger partial charge >= 0.3 is 0 Å². The van der Waals surface area contributed by atoms with Crippen LogP contribution in [0.25, 0.3) is 11.3 Å². The molecule has 156 valence electrons. The van der Waals surface area contributed by atoms with Crippen LogP contribution in [0.3, 0.4) is 0 Å². The lowest BCUT2D eigenvalue weighted by Crippen LogP contribution is -2.51. The van der Waals surface area contributed by atoms with E-state index < -0.39 is 0 Å². The van der Waals surface area contributed by atoms with E-state index in [0.29, 0.717) is 6.54 Å². The number of nitrogens with zero attached hydrogens (tertiary/aromatic N) is 3. The number of hydrogen-bond acceptors (Lipinski definition) is 6. The molecule has 1 aliphatic carbocycles. The van der Waals surface area contributed by atoms with Gasteiger partial charge in [-0.05, 0) is 44.2 Å². The van der Waals surface area contributed by atoms with Crippen LogP contribution in [0.5, 0.6) is 5.75 Å². The molecule has 29 heavy (non-hydrogen) atoms. The molecule has 8 heteroatoms. The summed E-state index contributed by atoms with van der Waals surface area (Å²) < 4.78 is 13.3. The summed E-state index contributed by atoms with van der Waals surface area (Å²) in [5.41, 5.74) is 1.67. The lowest BCUT2D eigenvalue weighted by Gasteiger charge is -2.36. The summed E-state index contributed by atoms with van der Waals surface area (Å²) in [7, 11) is 1.64. The second-order valence-electron chi connectivity index (χ2n) is 7.80. The van der Waals surface area contributed by atoms with Gasteiger partial charge in [0.1, 0.15) is 17.5 Å². The van der Waals surface area contributed by atoms with Crippen LogP contribution >= 0.6 is 0 Å². The first-order valence-corrected chi connectivity index (χ1v) is 10.3. The summed E-state index contributed by atoms with van der Waals surface area (Å²) in [6.07, 6.45) is 5.97. The number of amides is 1. The summed E-state index contributed by atoms with van der Waals surface area (Å²) in [5, 5.41) is 21.2.